The fourth-order valence-corrected chi connectivity index (χ4v) is 2.01. The van der Waals surface area contributed by atoms with Gasteiger partial charge in [0.1, 0.15) is 10.9 Å². The standard InChI is InChI=1S/C12H14O2S/c1-9(13)12(15-10(2)14-3)11-7-5-4-6-8-11/h4-8,12H,2H2,1,3H3. The number of carbonyl (C=O) groups is 1. The number of hydrogen-bond donors (Lipinski definition) is 0. The van der Waals surface area contributed by atoms with Crippen LogP contribution in [-0.4, -0.2) is 12.9 Å². The predicted molar refractivity (Wildman–Crippen MR) is 63.6 cm³/mol. The van der Waals surface area contributed by atoms with Crippen LogP contribution in [0.25, 0.3) is 0 Å². The second-order valence-corrected chi connectivity index (χ2v) is 4.26. The highest BCUT2D eigenvalue weighted by Gasteiger charge is 2.18. The number of ether oxygens (including phenoxy) is 1. The van der Waals surface area contributed by atoms with Crippen LogP contribution in [0.3, 0.4) is 0 Å². The van der Waals surface area contributed by atoms with Crippen LogP contribution in [0.5, 0.6) is 0 Å². The van der Waals surface area contributed by atoms with E-state index >= 15 is 0 Å². The molecule has 0 fully saturated rings. The summed E-state index contributed by atoms with van der Waals surface area (Å²) in [5, 5.41) is 0.331. The Morgan fingerprint density at radius 1 is 1.40 bits per heavy atom. The third-order valence-electron chi connectivity index (χ3n) is 1.95. The molecule has 0 bridgehead atoms. The van der Waals surface area contributed by atoms with Crippen LogP contribution in [0, 0.1) is 0 Å². The lowest BCUT2D eigenvalue weighted by Crippen LogP contribution is -2.05. The zero-order valence-electron chi connectivity index (χ0n) is 8.90. The Morgan fingerprint density at radius 3 is 2.47 bits per heavy atom. The van der Waals surface area contributed by atoms with Gasteiger partial charge in [0, 0.05) is 0 Å². The molecule has 0 aliphatic carbocycles. The van der Waals surface area contributed by atoms with E-state index in [1.54, 1.807) is 14.0 Å². The molecular formula is C12H14O2S. The first-order valence-electron chi connectivity index (χ1n) is 4.60. The molecule has 0 aliphatic rings. The van der Waals surface area contributed by atoms with Crippen molar-refractivity contribution < 1.29 is 9.53 Å². The van der Waals surface area contributed by atoms with Crippen molar-refractivity contribution in [2.24, 2.45) is 0 Å². The summed E-state index contributed by atoms with van der Waals surface area (Å²) in [4.78, 5) is 11.5. The largest absolute Gasteiger partial charge is 0.491 e. The average Bonchev–Trinajstić information content (AvgIpc) is 2.26. The van der Waals surface area contributed by atoms with Gasteiger partial charge in [0.25, 0.3) is 0 Å². The minimum Gasteiger partial charge on any atom is -0.491 e. The summed E-state index contributed by atoms with van der Waals surface area (Å²) in [5.41, 5.74) is 0.980. The van der Waals surface area contributed by atoms with Crippen molar-refractivity contribution in [3.05, 3.63) is 47.6 Å². The highest BCUT2D eigenvalue weighted by Crippen LogP contribution is 2.34. The first-order valence-corrected chi connectivity index (χ1v) is 5.48. The molecule has 0 spiro atoms. The van der Waals surface area contributed by atoms with Gasteiger partial charge in [0.15, 0.2) is 0 Å². The second kappa shape index (κ2) is 5.61. The van der Waals surface area contributed by atoms with Crippen LogP contribution in [0.4, 0.5) is 0 Å². The third-order valence-corrected chi connectivity index (χ3v) is 3.22. The van der Waals surface area contributed by atoms with Crippen molar-refractivity contribution in [1.82, 2.24) is 0 Å². The molecule has 0 heterocycles. The topological polar surface area (TPSA) is 26.3 Å². The van der Waals surface area contributed by atoms with Gasteiger partial charge in [-0.05, 0) is 19.1 Å². The lowest BCUT2D eigenvalue weighted by Gasteiger charge is -2.14. The number of methoxy groups -OCH3 is 1. The summed E-state index contributed by atoms with van der Waals surface area (Å²) < 4.78 is 4.97. The fourth-order valence-electron chi connectivity index (χ4n) is 1.19. The quantitative estimate of drug-likeness (QED) is 0.716. The van der Waals surface area contributed by atoms with Gasteiger partial charge >= 0.3 is 0 Å². The lowest BCUT2D eigenvalue weighted by molar-refractivity contribution is -0.116. The second-order valence-electron chi connectivity index (χ2n) is 3.10. The van der Waals surface area contributed by atoms with Gasteiger partial charge in [-0.15, -0.1) is 0 Å². The van der Waals surface area contributed by atoms with E-state index in [2.05, 4.69) is 6.58 Å². The van der Waals surface area contributed by atoms with Crippen molar-refractivity contribution in [3.8, 4) is 0 Å². The number of thioether (sulfide) groups is 1. The minimum absolute atomic E-state index is 0.101. The third kappa shape index (κ3) is 3.44. The van der Waals surface area contributed by atoms with Crippen molar-refractivity contribution in [2.45, 2.75) is 12.2 Å². The van der Waals surface area contributed by atoms with Crippen LogP contribution in [0.2, 0.25) is 0 Å². The van der Waals surface area contributed by atoms with Gasteiger partial charge in [-0.25, -0.2) is 0 Å². The van der Waals surface area contributed by atoms with Crippen molar-refractivity contribution in [2.75, 3.05) is 7.11 Å². The Bertz CT molecular complexity index is 346. The highest BCUT2D eigenvalue weighted by molar-refractivity contribution is 8.03. The van der Waals surface area contributed by atoms with Crippen LogP contribution in [0.15, 0.2) is 42.0 Å². The Morgan fingerprint density at radius 2 is 2.00 bits per heavy atom. The monoisotopic (exact) mass is 222 g/mol. The molecule has 1 aromatic carbocycles. The van der Waals surface area contributed by atoms with Crippen LogP contribution in [0.1, 0.15) is 17.7 Å². The van der Waals surface area contributed by atoms with Crippen LogP contribution in [-0.2, 0) is 9.53 Å². The van der Waals surface area contributed by atoms with Crippen LogP contribution >= 0.6 is 11.8 Å². The normalized spacial score (nSPS) is 11.9. The molecule has 1 unspecified atom stereocenters. The minimum atomic E-state index is -0.223. The number of rotatable bonds is 5. The highest BCUT2D eigenvalue weighted by atomic mass is 32.2. The summed E-state index contributed by atoms with van der Waals surface area (Å²) in [5.74, 6) is 0.101. The molecule has 2 nitrogen and oxygen atoms in total. The summed E-state index contributed by atoms with van der Waals surface area (Å²) in [6.07, 6.45) is 0. The zero-order valence-corrected chi connectivity index (χ0v) is 9.71. The molecule has 1 aromatic rings. The number of Topliss-reactive ketones (excluding diaryl/α,β-unsaturated/α-hetero) is 1. The van der Waals surface area contributed by atoms with E-state index in [0.29, 0.717) is 5.09 Å². The SMILES string of the molecule is C=C(OC)SC(C(C)=O)c1ccccc1. The van der Waals surface area contributed by atoms with E-state index in [0.717, 1.165) is 5.56 Å². The maximum absolute atomic E-state index is 11.5. The van der Waals surface area contributed by atoms with E-state index in [1.807, 2.05) is 30.3 Å². The summed E-state index contributed by atoms with van der Waals surface area (Å²) in [6.45, 7) is 5.29. The van der Waals surface area contributed by atoms with Crippen molar-refractivity contribution in [3.63, 3.8) is 0 Å². The number of carbonyl (C=O) groups excluding carboxylic acids is 1. The Hall–Kier alpha value is -1.22. The van der Waals surface area contributed by atoms with Gasteiger partial charge < -0.3 is 4.74 Å². The first kappa shape index (κ1) is 11.9. The van der Waals surface area contributed by atoms with E-state index in [1.165, 1.54) is 11.8 Å². The van der Waals surface area contributed by atoms with Crippen LogP contribution < -0.4 is 0 Å². The maximum atomic E-state index is 11.5. The Kier molecular flexibility index (Phi) is 4.43. The lowest BCUT2D eigenvalue weighted by atomic mass is 10.1. The molecule has 0 amide bonds. The number of benzene rings is 1. The van der Waals surface area contributed by atoms with E-state index < -0.39 is 0 Å². The fraction of sp³-hybridized carbons (Fsp3) is 0.250. The number of ketones is 1. The van der Waals surface area contributed by atoms with Crippen molar-refractivity contribution >= 4 is 17.5 Å². The molecule has 1 atom stereocenters. The van der Waals surface area contributed by atoms with E-state index in [-0.39, 0.29) is 11.0 Å². The molecule has 0 aliphatic heterocycles. The summed E-state index contributed by atoms with van der Waals surface area (Å²) >= 11 is 1.34. The van der Waals surface area contributed by atoms with Gasteiger partial charge in [-0.3, -0.25) is 4.79 Å². The first-order chi connectivity index (χ1) is 7.15. The Balaban J connectivity index is 2.84. The number of hydrogen-bond acceptors (Lipinski definition) is 3. The van der Waals surface area contributed by atoms with Gasteiger partial charge in [-0.1, -0.05) is 42.1 Å². The molecular weight excluding hydrogens is 208 g/mol. The summed E-state index contributed by atoms with van der Waals surface area (Å²) in [7, 11) is 1.55. The van der Waals surface area contributed by atoms with Gasteiger partial charge in [-0.2, -0.15) is 0 Å². The molecule has 80 valence electrons. The zero-order chi connectivity index (χ0) is 11.3. The average molecular weight is 222 g/mol. The molecule has 0 saturated heterocycles. The van der Waals surface area contributed by atoms with E-state index in [4.69, 9.17) is 4.74 Å². The maximum Gasteiger partial charge on any atom is 0.147 e. The molecule has 0 radical (unpaired) electrons. The predicted octanol–water partition coefficient (Wildman–Crippen LogP) is 3.17. The van der Waals surface area contributed by atoms with Gasteiger partial charge in [0.05, 0.1) is 12.4 Å². The van der Waals surface area contributed by atoms with Gasteiger partial charge in [0.2, 0.25) is 0 Å². The molecule has 0 N–H and O–H groups in total. The molecule has 1 rings (SSSR count). The molecule has 0 aromatic heterocycles. The summed E-state index contributed by atoms with van der Waals surface area (Å²) in [6, 6.07) is 9.63. The molecule has 0 saturated carbocycles. The Labute approximate surface area is 94.3 Å². The smallest absolute Gasteiger partial charge is 0.147 e. The van der Waals surface area contributed by atoms with E-state index in [9.17, 15) is 4.79 Å². The van der Waals surface area contributed by atoms with Crippen molar-refractivity contribution in [1.29, 1.82) is 0 Å². The molecule has 15 heavy (non-hydrogen) atoms. The molecule has 3 heteroatoms.